The lowest BCUT2D eigenvalue weighted by Crippen LogP contribution is -2.44. The Bertz CT molecular complexity index is 1010. The van der Waals surface area contributed by atoms with Gasteiger partial charge in [0, 0.05) is 36.6 Å². The number of likely N-dealkylation sites (tertiary alicyclic amines) is 1. The Hall–Kier alpha value is -2.96. The molecule has 1 N–H and O–H groups in total. The summed E-state index contributed by atoms with van der Waals surface area (Å²) in [7, 11) is 0. The molecule has 0 unspecified atom stereocenters. The average Bonchev–Trinajstić information content (AvgIpc) is 3.34. The summed E-state index contributed by atoms with van der Waals surface area (Å²) in [4.78, 5) is 18.2. The van der Waals surface area contributed by atoms with Gasteiger partial charge in [-0.2, -0.15) is 0 Å². The van der Waals surface area contributed by atoms with E-state index in [-0.39, 0.29) is 11.7 Å². The smallest absolute Gasteiger partial charge is 0.321 e. The number of rotatable bonds is 3. The van der Waals surface area contributed by atoms with E-state index in [0.29, 0.717) is 17.3 Å². The highest BCUT2D eigenvalue weighted by Crippen LogP contribution is 2.40. The number of pyridine rings is 1. The van der Waals surface area contributed by atoms with E-state index in [0.717, 1.165) is 24.9 Å². The van der Waals surface area contributed by atoms with E-state index in [1.807, 2.05) is 6.20 Å². The number of hydrogen-bond acceptors (Lipinski definition) is 3. The molecule has 0 bridgehead atoms. The van der Waals surface area contributed by atoms with Crippen LogP contribution in [0.25, 0.3) is 16.7 Å². The number of anilines is 1. The third-order valence-corrected chi connectivity index (χ3v) is 5.02. The SMILES string of the molecule is O=C(Nc1ccc(F)c(-n2cc3cc(C4CC4)cnc3n2)c1)N1CCC1. The number of carbonyl (C=O) groups excluding carboxylic acids is 1. The maximum atomic E-state index is 14.4. The summed E-state index contributed by atoms with van der Waals surface area (Å²) in [5.74, 6) is 0.203. The van der Waals surface area contributed by atoms with Gasteiger partial charge in [-0.15, -0.1) is 5.10 Å². The molecule has 26 heavy (non-hydrogen) atoms. The minimum atomic E-state index is -0.401. The van der Waals surface area contributed by atoms with Crippen LogP contribution in [0.3, 0.4) is 0 Å². The van der Waals surface area contributed by atoms with Crippen molar-refractivity contribution in [2.24, 2.45) is 0 Å². The van der Waals surface area contributed by atoms with Gasteiger partial charge in [-0.3, -0.25) is 0 Å². The minimum Gasteiger partial charge on any atom is -0.324 e. The molecule has 0 atom stereocenters. The van der Waals surface area contributed by atoms with Crippen LogP contribution in [0.15, 0.2) is 36.7 Å². The highest BCUT2D eigenvalue weighted by atomic mass is 19.1. The van der Waals surface area contributed by atoms with E-state index in [1.54, 1.807) is 23.2 Å². The van der Waals surface area contributed by atoms with Crippen molar-refractivity contribution in [2.75, 3.05) is 18.4 Å². The first-order chi connectivity index (χ1) is 12.7. The first kappa shape index (κ1) is 15.3. The third kappa shape index (κ3) is 2.69. The van der Waals surface area contributed by atoms with Crippen LogP contribution in [0.5, 0.6) is 0 Å². The Morgan fingerprint density at radius 2 is 2.08 bits per heavy atom. The molecule has 2 aliphatic rings. The van der Waals surface area contributed by atoms with E-state index in [4.69, 9.17) is 0 Å². The summed E-state index contributed by atoms with van der Waals surface area (Å²) >= 11 is 0. The number of amides is 2. The summed E-state index contributed by atoms with van der Waals surface area (Å²) < 4.78 is 15.9. The van der Waals surface area contributed by atoms with E-state index in [1.165, 1.54) is 29.2 Å². The van der Waals surface area contributed by atoms with Gasteiger partial charge < -0.3 is 10.2 Å². The molecule has 0 spiro atoms. The molecule has 2 fully saturated rings. The van der Waals surface area contributed by atoms with E-state index in [2.05, 4.69) is 21.5 Å². The van der Waals surface area contributed by atoms with Gasteiger partial charge in [0.05, 0.1) is 0 Å². The molecule has 6 nitrogen and oxygen atoms in total. The molecule has 1 aliphatic heterocycles. The van der Waals surface area contributed by atoms with Crippen molar-refractivity contribution in [3.63, 3.8) is 0 Å². The molecule has 3 heterocycles. The number of urea groups is 1. The maximum absolute atomic E-state index is 14.4. The molecule has 5 rings (SSSR count). The first-order valence-electron chi connectivity index (χ1n) is 8.88. The topological polar surface area (TPSA) is 63.1 Å². The fourth-order valence-corrected chi connectivity index (χ4v) is 3.18. The van der Waals surface area contributed by atoms with Crippen molar-refractivity contribution in [1.82, 2.24) is 19.7 Å². The predicted molar refractivity (Wildman–Crippen MR) is 96.0 cm³/mol. The van der Waals surface area contributed by atoms with Crippen molar-refractivity contribution in [2.45, 2.75) is 25.2 Å². The van der Waals surface area contributed by atoms with Gasteiger partial charge in [-0.05, 0) is 55.0 Å². The Balaban J connectivity index is 1.47. The van der Waals surface area contributed by atoms with E-state index < -0.39 is 5.82 Å². The fourth-order valence-electron chi connectivity index (χ4n) is 3.18. The van der Waals surface area contributed by atoms with Crippen LogP contribution in [0.1, 0.15) is 30.7 Å². The second-order valence-corrected chi connectivity index (χ2v) is 6.97. The molecule has 3 aromatic rings. The van der Waals surface area contributed by atoms with Crippen LogP contribution < -0.4 is 5.32 Å². The number of benzene rings is 1. The second-order valence-electron chi connectivity index (χ2n) is 6.97. The lowest BCUT2D eigenvalue weighted by molar-refractivity contribution is 0.181. The third-order valence-electron chi connectivity index (χ3n) is 5.02. The second kappa shape index (κ2) is 5.79. The van der Waals surface area contributed by atoms with Gasteiger partial charge in [0.25, 0.3) is 0 Å². The van der Waals surface area contributed by atoms with Crippen LogP contribution in [0, 0.1) is 5.82 Å². The fraction of sp³-hybridized carbons (Fsp3) is 0.316. The molecule has 1 aromatic carbocycles. The van der Waals surface area contributed by atoms with Crippen molar-refractivity contribution in [3.05, 3.63) is 48.0 Å². The van der Waals surface area contributed by atoms with Crippen LogP contribution >= 0.6 is 0 Å². The van der Waals surface area contributed by atoms with Gasteiger partial charge in [0.15, 0.2) is 5.65 Å². The Labute approximate surface area is 149 Å². The zero-order chi connectivity index (χ0) is 17.7. The highest BCUT2D eigenvalue weighted by molar-refractivity contribution is 5.90. The van der Waals surface area contributed by atoms with Gasteiger partial charge in [-0.1, -0.05) is 0 Å². The molecular formula is C19H18FN5O. The molecule has 0 radical (unpaired) electrons. The number of nitrogens with zero attached hydrogens (tertiary/aromatic N) is 4. The molecule has 2 amide bonds. The van der Waals surface area contributed by atoms with E-state index >= 15 is 0 Å². The molecular weight excluding hydrogens is 333 g/mol. The van der Waals surface area contributed by atoms with Crippen molar-refractivity contribution < 1.29 is 9.18 Å². The predicted octanol–water partition coefficient (Wildman–Crippen LogP) is 3.67. The molecule has 1 saturated carbocycles. The number of aromatic nitrogens is 3. The summed E-state index contributed by atoms with van der Waals surface area (Å²) in [6.07, 6.45) is 7.08. The highest BCUT2D eigenvalue weighted by Gasteiger charge is 2.24. The molecule has 1 saturated heterocycles. The van der Waals surface area contributed by atoms with Gasteiger partial charge in [0.1, 0.15) is 11.5 Å². The van der Waals surface area contributed by atoms with Crippen LogP contribution in [0.4, 0.5) is 14.9 Å². The van der Waals surface area contributed by atoms with Crippen LogP contribution in [-0.2, 0) is 0 Å². The van der Waals surface area contributed by atoms with Crippen molar-refractivity contribution in [1.29, 1.82) is 0 Å². The van der Waals surface area contributed by atoms with Crippen molar-refractivity contribution in [3.8, 4) is 5.69 Å². The van der Waals surface area contributed by atoms with Gasteiger partial charge in [-0.25, -0.2) is 18.9 Å². The summed E-state index contributed by atoms with van der Waals surface area (Å²) in [6, 6.07) is 6.42. The van der Waals surface area contributed by atoms with Crippen molar-refractivity contribution >= 4 is 22.8 Å². The number of nitrogens with one attached hydrogen (secondary N) is 1. The standard InChI is InChI=1S/C19H18FN5O/c20-16-5-4-15(22-19(26)24-6-1-7-24)9-17(16)25-11-14-8-13(12-2-3-12)10-21-18(14)23-25/h4-5,8-12H,1-3,6-7H2,(H,22,26). The average molecular weight is 351 g/mol. The zero-order valence-electron chi connectivity index (χ0n) is 14.2. The Kier molecular flexibility index (Phi) is 3.41. The number of fused-ring (bicyclic) bond motifs is 1. The number of halogens is 1. The quantitative estimate of drug-likeness (QED) is 0.783. The van der Waals surface area contributed by atoms with E-state index in [9.17, 15) is 9.18 Å². The molecule has 132 valence electrons. The Morgan fingerprint density at radius 1 is 1.23 bits per heavy atom. The van der Waals surface area contributed by atoms with Crippen LogP contribution in [-0.4, -0.2) is 38.8 Å². The van der Waals surface area contributed by atoms with Gasteiger partial charge in [0.2, 0.25) is 0 Å². The molecule has 7 heteroatoms. The normalized spacial score (nSPS) is 16.6. The molecule has 2 aromatic heterocycles. The maximum Gasteiger partial charge on any atom is 0.321 e. The van der Waals surface area contributed by atoms with Gasteiger partial charge >= 0.3 is 6.03 Å². The summed E-state index contributed by atoms with van der Waals surface area (Å²) in [5.41, 5.74) is 2.64. The summed E-state index contributed by atoms with van der Waals surface area (Å²) in [5, 5.41) is 8.09. The number of carbonyl (C=O) groups is 1. The zero-order valence-corrected chi connectivity index (χ0v) is 14.2. The number of hydrogen-bond donors (Lipinski definition) is 1. The van der Waals surface area contributed by atoms with Crippen LogP contribution in [0.2, 0.25) is 0 Å². The summed E-state index contributed by atoms with van der Waals surface area (Å²) in [6.45, 7) is 1.53. The molecule has 1 aliphatic carbocycles. The lowest BCUT2D eigenvalue weighted by atomic mass is 10.2. The Morgan fingerprint density at radius 3 is 2.81 bits per heavy atom. The first-order valence-corrected chi connectivity index (χ1v) is 8.88. The minimum absolute atomic E-state index is 0.157. The largest absolute Gasteiger partial charge is 0.324 e. The lowest BCUT2D eigenvalue weighted by Gasteiger charge is -2.30. The monoisotopic (exact) mass is 351 g/mol.